The van der Waals surface area contributed by atoms with E-state index in [4.69, 9.17) is 15.2 Å². The molecule has 6 rings (SSSR count). The van der Waals surface area contributed by atoms with Crippen molar-refractivity contribution < 1.29 is 41.7 Å². The van der Waals surface area contributed by atoms with Crippen LogP contribution in [0.1, 0.15) is 59.4 Å². The Labute approximate surface area is 254 Å². The van der Waals surface area contributed by atoms with Gasteiger partial charge in [0.1, 0.15) is 29.3 Å². The van der Waals surface area contributed by atoms with Crippen molar-refractivity contribution >= 4 is 17.5 Å². The van der Waals surface area contributed by atoms with Gasteiger partial charge in [0, 0.05) is 29.4 Å². The Morgan fingerprint density at radius 1 is 1.18 bits per heavy atom. The van der Waals surface area contributed by atoms with Crippen molar-refractivity contribution in [3.63, 3.8) is 0 Å². The van der Waals surface area contributed by atoms with E-state index in [2.05, 4.69) is 15.3 Å². The van der Waals surface area contributed by atoms with E-state index in [-0.39, 0.29) is 46.9 Å². The molecule has 1 fully saturated rings. The average molecular weight is 628 g/mol. The summed E-state index contributed by atoms with van der Waals surface area (Å²) >= 11 is 0. The third-order valence-electron chi connectivity index (χ3n) is 8.56. The molecule has 0 unspecified atom stereocenters. The lowest BCUT2D eigenvalue weighted by Crippen LogP contribution is -2.52. The fourth-order valence-corrected chi connectivity index (χ4v) is 5.58. The molecule has 14 heteroatoms. The molecule has 1 aliphatic carbocycles. The van der Waals surface area contributed by atoms with E-state index in [9.17, 15) is 32.3 Å². The quantitative estimate of drug-likeness (QED) is 0.237. The van der Waals surface area contributed by atoms with E-state index in [1.165, 1.54) is 31.5 Å². The van der Waals surface area contributed by atoms with Crippen molar-refractivity contribution in [2.45, 2.75) is 49.3 Å². The number of halogens is 4. The predicted octanol–water partition coefficient (Wildman–Crippen LogP) is 4.13. The minimum Gasteiger partial charge on any atom is -0.493 e. The zero-order valence-electron chi connectivity index (χ0n) is 24.2. The minimum absolute atomic E-state index is 0.00223. The van der Waals surface area contributed by atoms with Crippen LogP contribution in [0.2, 0.25) is 0 Å². The molecule has 4 N–H and O–H groups in total. The molecule has 0 bridgehead atoms. The molecule has 2 aliphatic rings. The molecule has 236 valence electrons. The number of carbonyl (C=O) groups excluding carboxylic acids is 2. The van der Waals surface area contributed by atoms with Crippen LogP contribution < -0.4 is 20.5 Å². The number of rotatable bonds is 9. The Balaban J connectivity index is 1.41. The number of nitrogens with one attached hydrogen (secondary N) is 1. The van der Waals surface area contributed by atoms with E-state index >= 15 is 0 Å². The van der Waals surface area contributed by atoms with Gasteiger partial charge in [-0.05, 0) is 55.7 Å². The van der Waals surface area contributed by atoms with E-state index in [1.807, 2.05) is 0 Å². The first-order valence-electron chi connectivity index (χ1n) is 14.2. The Morgan fingerprint density at radius 3 is 2.49 bits per heavy atom. The topological polar surface area (TPSA) is 141 Å². The van der Waals surface area contributed by atoms with Crippen LogP contribution in [0.25, 0.3) is 16.9 Å². The molecule has 10 nitrogen and oxygen atoms in total. The first-order chi connectivity index (χ1) is 21.3. The molecule has 45 heavy (non-hydrogen) atoms. The van der Waals surface area contributed by atoms with Gasteiger partial charge in [-0.25, -0.2) is 14.4 Å². The van der Waals surface area contributed by atoms with Crippen LogP contribution in [0.15, 0.2) is 48.8 Å². The maximum atomic E-state index is 14.8. The predicted molar refractivity (Wildman–Crippen MR) is 152 cm³/mol. The van der Waals surface area contributed by atoms with Crippen LogP contribution in [0.5, 0.6) is 11.5 Å². The van der Waals surface area contributed by atoms with Gasteiger partial charge in [0.25, 0.3) is 5.91 Å². The number of nitrogens with zero attached hydrogens (tertiary/aromatic N) is 3. The number of fused-ring (bicyclic) bond motifs is 2. The molecular weight excluding hydrogens is 598 g/mol. The molecule has 1 saturated carbocycles. The number of imidazole rings is 1. The lowest BCUT2D eigenvalue weighted by atomic mass is 9.78. The molecule has 2 atom stereocenters. The summed E-state index contributed by atoms with van der Waals surface area (Å²) < 4.78 is 70.8. The number of aromatic nitrogens is 3. The van der Waals surface area contributed by atoms with Crippen LogP contribution in [-0.2, 0) is 15.8 Å². The number of benzene rings is 1. The number of ether oxygens (including phenoxy) is 2. The lowest BCUT2D eigenvalue weighted by molar-refractivity contribution is -0.265. The first-order valence-corrected chi connectivity index (χ1v) is 14.2. The number of primary amides is 1. The molecule has 4 aromatic rings. The highest BCUT2D eigenvalue weighted by atomic mass is 19.4. The average Bonchev–Trinajstić information content (AvgIpc) is 3.65. The maximum Gasteiger partial charge on any atom is 0.424 e. The van der Waals surface area contributed by atoms with Crippen molar-refractivity contribution in [3.05, 3.63) is 77.1 Å². The maximum absolute atomic E-state index is 14.8. The summed E-state index contributed by atoms with van der Waals surface area (Å²) in [4.78, 5) is 34.6. The van der Waals surface area contributed by atoms with Crippen LogP contribution >= 0.6 is 0 Å². The normalized spacial score (nSPS) is 19.1. The Bertz CT molecular complexity index is 1820. The van der Waals surface area contributed by atoms with E-state index in [0.717, 1.165) is 36.7 Å². The molecule has 0 spiro atoms. The van der Waals surface area contributed by atoms with Crippen molar-refractivity contribution in [3.8, 4) is 22.8 Å². The molecule has 0 radical (unpaired) electrons. The number of nitrogens with two attached hydrogens (primary N) is 1. The summed E-state index contributed by atoms with van der Waals surface area (Å²) in [5.74, 6) is -1.83. The van der Waals surface area contributed by atoms with E-state index in [1.54, 1.807) is 17.5 Å². The van der Waals surface area contributed by atoms with Crippen LogP contribution in [0.3, 0.4) is 0 Å². The first kappa shape index (κ1) is 30.3. The summed E-state index contributed by atoms with van der Waals surface area (Å²) in [6.07, 6.45) is -0.152. The van der Waals surface area contributed by atoms with Crippen molar-refractivity contribution in [2.24, 2.45) is 5.73 Å². The SMILES string of the molecule is CC[C@@]1(C(N)=O)COc2c1cc([C@@](O)(CNC(=O)c1cc(OC)c3nc(C4CC4)cn3c1)C(F)(F)F)nc2-c1ccc(F)cc1. The minimum atomic E-state index is -5.35. The Morgan fingerprint density at radius 2 is 1.89 bits per heavy atom. The number of carbonyl (C=O) groups is 2. The van der Waals surface area contributed by atoms with Gasteiger partial charge in [0.15, 0.2) is 11.4 Å². The van der Waals surface area contributed by atoms with Crippen LogP contribution in [0.4, 0.5) is 17.6 Å². The number of amides is 2. The Kier molecular flexibility index (Phi) is 7.22. The second kappa shape index (κ2) is 10.7. The smallest absolute Gasteiger partial charge is 0.424 e. The second-order valence-electron chi connectivity index (χ2n) is 11.3. The number of pyridine rings is 2. The fraction of sp³-hybridized carbons (Fsp3) is 0.355. The van der Waals surface area contributed by atoms with Crippen molar-refractivity contribution in [2.75, 3.05) is 20.3 Å². The molecule has 3 aromatic heterocycles. The molecule has 1 aromatic carbocycles. The summed E-state index contributed by atoms with van der Waals surface area (Å²) in [7, 11) is 1.38. The van der Waals surface area contributed by atoms with Gasteiger partial charge in [0.05, 0.1) is 30.6 Å². The van der Waals surface area contributed by atoms with Crippen molar-refractivity contribution in [1.29, 1.82) is 0 Å². The second-order valence-corrected chi connectivity index (χ2v) is 11.3. The van der Waals surface area contributed by atoms with Crippen LogP contribution in [0, 0.1) is 5.82 Å². The third kappa shape index (κ3) is 5.02. The molecule has 1 aliphatic heterocycles. The standard InChI is InChI=1S/C31H29F4N5O5/c1-3-29(28(36)42)15-45-25-20(29)11-23(39-24(25)17-6-8-19(32)9-7-17)30(43,31(33,34)35)14-37-27(41)18-10-22(44-2)26-38-21(16-4-5-16)13-40(26)12-18/h6-13,16,43H,3-5,14-15H2,1-2H3,(H2,36,42)(H,37,41)/t29-,30+/m1/s1. The zero-order chi connectivity index (χ0) is 32.3. The molecule has 0 saturated heterocycles. The Hall–Kier alpha value is -4.72. The van der Waals surface area contributed by atoms with Gasteiger partial charge >= 0.3 is 6.18 Å². The van der Waals surface area contributed by atoms with Crippen LogP contribution in [-0.4, -0.2) is 57.7 Å². The fourth-order valence-electron chi connectivity index (χ4n) is 5.58. The van der Waals surface area contributed by atoms with Gasteiger partial charge < -0.3 is 30.0 Å². The highest BCUT2D eigenvalue weighted by Crippen LogP contribution is 2.49. The summed E-state index contributed by atoms with van der Waals surface area (Å²) in [5, 5.41) is 13.5. The highest BCUT2D eigenvalue weighted by molar-refractivity contribution is 5.95. The monoisotopic (exact) mass is 627 g/mol. The number of hydrogen-bond donors (Lipinski definition) is 3. The summed E-state index contributed by atoms with van der Waals surface area (Å²) in [6, 6.07) is 7.01. The van der Waals surface area contributed by atoms with Gasteiger partial charge in [-0.15, -0.1) is 0 Å². The van der Waals surface area contributed by atoms with Crippen molar-refractivity contribution in [1.82, 2.24) is 19.7 Å². The highest BCUT2D eigenvalue weighted by Gasteiger charge is 2.58. The summed E-state index contributed by atoms with van der Waals surface area (Å²) in [6.45, 7) is 0.0177. The lowest BCUT2D eigenvalue weighted by Gasteiger charge is -2.32. The van der Waals surface area contributed by atoms with Gasteiger partial charge in [-0.2, -0.15) is 13.2 Å². The third-order valence-corrected chi connectivity index (χ3v) is 8.56. The van der Waals surface area contributed by atoms with E-state index < -0.39 is 47.1 Å². The number of methoxy groups -OCH3 is 1. The van der Waals surface area contributed by atoms with E-state index in [0.29, 0.717) is 11.6 Å². The van der Waals surface area contributed by atoms with Gasteiger partial charge in [0.2, 0.25) is 11.5 Å². The molecule has 4 heterocycles. The molecular formula is C31H29F4N5O5. The van der Waals surface area contributed by atoms with Gasteiger partial charge in [-0.1, -0.05) is 6.92 Å². The van der Waals surface area contributed by atoms with Gasteiger partial charge in [-0.3, -0.25) is 9.59 Å². The summed E-state index contributed by atoms with van der Waals surface area (Å²) in [5.41, 5.74) is 0.804. The zero-order valence-corrected chi connectivity index (χ0v) is 24.2. The number of aliphatic hydroxyl groups is 1. The molecule has 2 amide bonds. The number of hydrogen-bond acceptors (Lipinski definition) is 7. The largest absolute Gasteiger partial charge is 0.493 e. The number of alkyl halides is 3.